The van der Waals surface area contributed by atoms with Crippen LogP contribution in [0.5, 0.6) is 11.5 Å². The van der Waals surface area contributed by atoms with Gasteiger partial charge in [-0.25, -0.2) is 15.0 Å². The second-order valence-electron chi connectivity index (χ2n) is 5.80. The molecule has 1 aromatic carbocycles. The van der Waals surface area contributed by atoms with Gasteiger partial charge in [-0.15, -0.1) is 0 Å². The van der Waals surface area contributed by atoms with Crippen LogP contribution >= 0.6 is 0 Å². The smallest absolute Gasteiger partial charge is 0.231 e. The number of rotatable bonds is 6. The van der Waals surface area contributed by atoms with Crippen molar-refractivity contribution in [2.24, 2.45) is 0 Å². The number of aromatic amines is 1. The topological polar surface area (TPSA) is 128 Å². The number of carbonyl (C=O) groups excluding carboxylic acids is 1. The highest BCUT2D eigenvalue weighted by Gasteiger charge is 2.15. The van der Waals surface area contributed by atoms with Crippen molar-refractivity contribution < 1.29 is 18.8 Å². The molecule has 0 unspecified atom stereocenters. The predicted molar refractivity (Wildman–Crippen MR) is 99.1 cm³/mol. The van der Waals surface area contributed by atoms with Crippen LogP contribution in [-0.2, 0) is 11.2 Å². The zero-order valence-corrected chi connectivity index (χ0v) is 15.1. The summed E-state index contributed by atoms with van der Waals surface area (Å²) in [5, 5.41) is 6.69. The van der Waals surface area contributed by atoms with Crippen LogP contribution in [0.3, 0.4) is 0 Å². The Bertz CT molecular complexity index is 1140. The van der Waals surface area contributed by atoms with Crippen molar-refractivity contribution in [3.05, 3.63) is 42.6 Å². The average Bonchev–Trinajstić information content (AvgIpc) is 3.37. The van der Waals surface area contributed by atoms with E-state index in [4.69, 9.17) is 14.0 Å². The summed E-state index contributed by atoms with van der Waals surface area (Å²) in [7, 11) is 3.12. The van der Waals surface area contributed by atoms with Gasteiger partial charge in [0, 0.05) is 11.6 Å². The molecule has 142 valence electrons. The molecule has 28 heavy (non-hydrogen) atoms. The van der Waals surface area contributed by atoms with Gasteiger partial charge in [-0.3, -0.25) is 4.79 Å². The van der Waals surface area contributed by atoms with Crippen molar-refractivity contribution in [3.8, 4) is 22.8 Å². The number of amides is 1. The zero-order valence-electron chi connectivity index (χ0n) is 15.1. The number of fused-ring (bicyclic) bond motifs is 1. The highest BCUT2D eigenvalue weighted by Crippen LogP contribution is 2.32. The number of nitrogens with zero attached hydrogens (tertiary/aromatic N) is 4. The van der Waals surface area contributed by atoms with Crippen molar-refractivity contribution in [3.63, 3.8) is 0 Å². The van der Waals surface area contributed by atoms with Crippen LogP contribution < -0.4 is 14.8 Å². The second-order valence-corrected chi connectivity index (χ2v) is 5.80. The van der Waals surface area contributed by atoms with E-state index in [1.165, 1.54) is 12.7 Å². The third-order valence-corrected chi connectivity index (χ3v) is 4.05. The van der Waals surface area contributed by atoms with Crippen LogP contribution in [0, 0.1) is 0 Å². The van der Waals surface area contributed by atoms with Crippen LogP contribution in [-0.4, -0.2) is 45.2 Å². The first-order valence-electron chi connectivity index (χ1n) is 8.30. The van der Waals surface area contributed by atoms with Crippen LogP contribution in [0.4, 0.5) is 5.82 Å². The molecule has 4 aromatic rings. The van der Waals surface area contributed by atoms with Crippen LogP contribution in [0.15, 0.2) is 41.4 Å². The van der Waals surface area contributed by atoms with Crippen molar-refractivity contribution >= 4 is 22.9 Å². The molecule has 0 aliphatic rings. The monoisotopic (exact) mass is 380 g/mol. The summed E-state index contributed by atoms with van der Waals surface area (Å²) < 4.78 is 15.9. The lowest BCUT2D eigenvalue weighted by atomic mass is 10.1. The Kier molecular flexibility index (Phi) is 4.58. The molecule has 10 heteroatoms. The molecule has 0 aliphatic heterocycles. The molecule has 0 fully saturated rings. The maximum absolute atomic E-state index is 12.4. The van der Waals surface area contributed by atoms with E-state index in [1.54, 1.807) is 32.4 Å². The van der Waals surface area contributed by atoms with Gasteiger partial charge < -0.3 is 24.3 Å². The lowest BCUT2D eigenvalue weighted by Crippen LogP contribution is -2.16. The number of ether oxygens (including phenoxy) is 2. The first kappa shape index (κ1) is 17.5. The Morgan fingerprint density at radius 2 is 2.00 bits per heavy atom. The molecule has 1 amide bonds. The van der Waals surface area contributed by atoms with Gasteiger partial charge in [0.2, 0.25) is 5.91 Å². The van der Waals surface area contributed by atoms with Gasteiger partial charge >= 0.3 is 0 Å². The molecule has 4 rings (SSSR count). The molecular formula is C18H16N6O4. The number of H-pyrrole nitrogens is 1. The minimum Gasteiger partial charge on any atom is -0.493 e. The SMILES string of the molecule is COc1ccc(-c2cc(CC(=O)Nc3ncnc4nc[nH]c34)no2)cc1OC. The fourth-order valence-corrected chi connectivity index (χ4v) is 2.72. The third-order valence-electron chi connectivity index (χ3n) is 4.05. The highest BCUT2D eigenvalue weighted by atomic mass is 16.5. The first-order chi connectivity index (χ1) is 13.7. The minimum absolute atomic E-state index is 0.0242. The zero-order chi connectivity index (χ0) is 19.5. The largest absolute Gasteiger partial charge is 0.493 e. The quantitative estimate of drug-likeness (QED) is 0.521. The molecule has 10 nitrogen and oxygen atoms in total. The molecule has 2 N–H and O–H groups in total. The Morgan fingerprint density at radius 1 is 1.14 bits per heavy atom. The lowest BCUT2D eigenvalue weighted by molar-refractivity contribution is -0.115. The number of aromatic nitrogens is 5. The number of imidazole rings is 1. The summed E-state index contributed by atoms with van der Waals surface area (Å²) >= 11 is 0. The Hall–Kier alpha value is -3.95. The van der Waals surface area contributed by atoms with Crippen LogP contribution in [0.1, 0.15) is 5.69 Å². The van der Waals surface area contributed by atoms with Crippen molar-refractivity contribution in [1.29, 1.82) is 0 Å². The van der Waals surface area contributed by atoms with E-state index in [0.717, 1.165) is 5.56 Å². The van der Waals surface area contributed by atoms with E-state index in [1.807, 2.05) is 6.07 Å². The number of hydrogen-bond donors (Lipinski definition) is 2. The van der Waals surface area contributed by atoms with E-state index < -0.39 is 0 Å². The molecule has 3 aromatic heterocycles. The van der Waals surface area contributed by atoms with Gasteiger partial charge in [0.05, 0.1) is 32.7 Å². The van der Waals surface area contributed by atoms with Gasteiger partial charge in [0.15, 0.2) is 28.7 Å². The number of carbonyl (C=O) groups is 1. The summed E-state index contributed by atoms with van der Waals surface area (Å²) in [4.78, 5) is 27.3. The van der Waals surface area contributed by atoms with E-state index >= 15 is 0 Å². The highest BCUT2D eigenvalue weighted by molar-refractivity contribution is 5.97. The summed E-state index contributed by atoms with van der Waals surface area (Å²) in [6.45, 7) is 0. The van der Waals surface area contributed by atoms with Gasteiger partial charge in [-0.05, 0) is 18.2 Å². The normalized spacial score (nSPS) is 10.8. The van der Waals surface area contributed by atoms with Crippen molar-refractivity contribution in [2.45, 2.75) is 6.42 Å². The van der Waals surface area contributed by atoms with Crippen molar-refractivity contribution in [1.82, 2.24) is 25.1 Å². The molecular weight excluding hydrogens is 364 g/mol. The molecule has 0 bridgehead atoms. The number of hydrogen-bond acceptors (Lipinski definition) is 8. The van der Waals surface area contributed by atoms with Crippen molar-refractivity contribution in [2.75, 3.05) is 19.5 Å². The van der Waals surface area contributed by atoms with E-state index in [9.17, 15) is 4.79 Å². The fraction of sp³-hybridized carbons (Fsp3) is 0.167. The fourth-order valence-electron chi connectivity index (χ4n) is 2.72. The van der Waals surface area contributed by atoms with E-state index in [-0.39, 0.29) is 12.3 Å². The van der Waals surface area contributed by atoms with Gasteiger partial charge in [0.25, 0.3) is 0 Å². The minimum atomic E-state index is -0.290. The third kappa shape index (κ3) is 3.34. The number of benzene rings is 1. The summed E-state index contributed by atoms with van der Waals surface area (Å²) in [6.07, 6.45) is 2.85. The number of nitrogens with one attached hydrogen (secondary N) is 2. The summed E-state index contributed by atoms with van der Waals surface area (Å²) in [5.74, 6) is 1.77. The van der Waals surface area contributed by atoms with Gasteiger partial charge in [0.1, 0.15) is 11.8 Å². The summed E-state index contributed by atoms with van der Waals surface area (Å²) in [5.41, 5.74) is 2.27. The average molecular weight is 380 g/mol. The van der Waals surface area contributed by atoms with Crippen LogP contribution in [0.2, 0.25) is 0 Å². The molecule has 0 atom stereocenters. The molecule has 0 saturated carbocycles. The summed E-state index contributed by atoms with van der Waals surface area (Å²) in [6, 6.07) is 7.07. The molecule has 0 saturated heterocycles. The van der Waals surface area contributed by atoms with E-state index in [0.29, 0.717) is 39.9 Å². The Balaban J connectivity index is 1.49. The molecule has 0 aliphatic carbocycles. The molecule has 0 spiro atoms. The number of anilines is 1. The predicted octanol–water partition coefficient (Wildman–Crippen LogP) is 2.21. The van der Waals surface area contributed by atoms with Crippen LogP contribution in [0.25, 0.3) is 22.5 Å². The lowest BCUT2D eigenvalue weighted by Gasteiger charge is -2.07. The number of methoxy groups -OCH3 is 2. The van der Waals surface area contributed by atoms with Gasteiger partial charge in [-0.2, -0.15) is 0 Å². The Labute approximate surface area is 158 Å². The molecule has 3 heterocycles. The van der Waals surface area contributed by atoms with Gasteiger partial charge in [-0.1, -0.05) is 5.16 Å². The Morgan fingerprint density at radius 3 is 2.82 bits per heavy atom. The standard InChI is InChI=1S/C18H16N6O4/c1-26-12-4-3-10(5-14(12)27-2)13-6-11(24-28-13)7-15(25)23-18-16-17(20-8-19-16)21-9-22-18/h3-6,8-9H,7H2,1-2H3,(H2,19,20,21,22,23,25). The maximum Gasteiger partial charge on any atom is 0.231 e. The first-order valence-corrected chi connectivity index (χ1v) is 8.30. The molecule has 0 radical (unpaired) electrons. The maximum atomic E-state index is 12.4. The second kappa shape index (κ2) is 7.35. The van der Waals surface area contributed by atoms with E-state index in [2.05, 4.69) is 30.4 Å².